The minimum Gasteiger partial charge on any atom is -0.330 e. The zero-order valence-corrected chi connectivity index (χ0v) is 10.6. The first-order valence-corrected chi connectivity index (χ1v) is 8.01. The second-order valence-corrected chi connectivity index (χ2v) is 8.46. The Bertz CT molecular complexity index is 431. The van der Waals surface area contributed by atoms with Crippen molar-refractivity contribution in [2.45, 2.75) is 38.5 Å². The maximum Gasteiger partial charge on any atom is -0.00460 e. The Balaban J connectivity index is 1.39. The van der Waals surface area contributed by atoms with E-state index in [9.17, 15) is 0 Å². The molecular formula is C16H23N. The Labute approximate surface area is 104 Å². The number of fused-ring (bicyclic) bond motifs is 2. The van der Waals surface area contributed by atoms with Crippen LogP contribution in [0.3, 0.4) is 0 Å². The van der Waals surface area contributed by atoms with Gasteiger partial charge in [0.15, 0.2) is 0 Å². The molecule has 0 aromatic rings. The molecule has 0 radical (unpaired) electrons. The summed E-state index contributed by atoms with van der Waals surface area (Å²) in [5, 5.41) is 0. The molecule has 0 heterocycles. The predicted octanol–water partition coefficient (Wildman–Crippen LogP) is 2.65. The highest BCUT2D eigenvalue weighted by Gasteiger charge is 2.95. The van der Waals surface area contributed by atoms with Crippen molar-refractivity contribution in [3.63, 3.8) is 0 Å². The van der Waals surface area contributed by atoms with Crippen LogP contribution in [0.5, 0.6) is 0 Å². The fourth-order valence-electron chi connectivity index (χ4n) is 8.29. The van der Waals surface area contributed by atoms with E-state index in [1.54, 1.807) is 32.1 Å². The molecule has 1 nitrogen and oxygen atoms in total. The minimum absolute atomic E-state index is 0.914. The normalized spacial score (nSPS) is 76.4. The Morgan fingerprint density at radius 1 is 0.882 bits per heavy atom. The molecule has 6 aliphatic rings. The molecule has 6 fully saturated rings. The van der Waals surface area contributed by atoms with Gasteiger partial charge in [0.1, 0.15) is 0 Å². The monoisotopic (exact) mass is 229 g/mol. The van der Waals surface area contributed by atoms with E-state index < -0.39 is 0 Å². The highest BCUT2D eigenvalue weighted by molar-refractivity contribution is 5.43. The molecule has 6 aliphatic carbocycles. The molecule has 0 aromatic heterocycles. The second kappa shape index (κ2) is 2.24. The van der Waals surface area contributed by atoms with E-state index in [0.717, 1.165) is 41.0 Å². The third-order valence-electron chi connectivity index (χ3n) is 8.93. The van der Waals surface area contributed by atoms with Crippen LogP contribution in [0.4, 0.5) is 0 Å². The molecule has 2 spiro atoms. The number of rotatable bonds is 1. The van der Waals surface area contributed by atoms with Crippen LogP contribution in [0.2, 0.25) is 0 Å². The lowest BCUT2D eigenvalue weighted by Crippen LogP contribution is -2.69. The van der Waals surface area contributed by atoms with Gasteiger partial charge in [-0.25, -0.2) is 0 Å². The summed E-state index contributed by atoms with van der Waals surface area (Å²) in [5.74, 6) is 7.85. The van der Waals surface area contributed by atoms with Gasteiger partial charge in [-0.15, -0.1) is 0 Å². The molecule has 0 aliphatic heterocycles. The molecule has 1 heteroatoms. The molecule has 92 valence electrons. The van der Waals surface area contributed by atoms with Crippen LogP contribution >= 0.6 is 0 Å². The Kier molecular flexibility index (Phi) is 1.18. The van der Waals surface area contributed by atoms with Gasteiger partial charge in [0.2, 0.25) is 0 Å². The lowest BCUT2D eigenvalue weighted by Gasteiger charge is -2.74. The average molecular weight is 229 g/mol. The van der Waals surface area contributed by atoms with E-state index >= 15 is 0 Å². The van der Waals surface area contributed by atoms with Crippen LogP contribution in [0.1, 0.15) is 38.5 Å². The molecule has 0 bridgehead atoms. The van der Waals surface area contributed by atoms with Gasteiger partial charge in [0, 0.05) is 0 Å². The summed E-state index contributed by atoms with van der Waals surface area (Å²) in [4.78, 5) is 0. The summed E-state index contributed by atoms with van der Waals surface area (Å²) in [6.45, 7) is 0.975. The molecule has 0 aromatic carbocycles. The van der Waals surface area contributed by atoms with Crippen LogP contribution in [0.15, 0.2) is 0 Å². The fourth-order valence-corrected chi connectivity index (χ4v) is 8.29. The van der Waals surface area contributed by atoms with E-state index in [1.165, 1.54) is 24.2 Å². The van der Waals surface area contributed by atoms with Crippen LogP contribution in [0, 0.1) is 52.3 Å². The largest absolute Gasteiger partial charge is 0.330 e. The Hall–Kier alpha value is -0.0400. The molecule has 9 atom stereocenters. The van der Waals surface area contributed by atoms with Crippen molar-refractivity contribution in [3.05, 3.63) is 0 Å². The first kappa shape index (κ1) is 8.96. The van der Waals surface area contributed by atoms with Crippen LogP contribution in [0.25, 0.3) is 0 Å². The van der Waals surface area contributed by atoms with Crippen molar-refractivity contribution in [1.29, 1.82) is 0 Å². The quantitative estimate of drug-likeness (QED) is 0.735. The smallest absolute Gasteiger partial charge is 0.00460 e. The molecule has 6 saturated carbocycles. The summed E-state index contributed by atoms with van der Waals surface area (Å²) >= 11 is 0. The maximum atomic E-state index is 5.95. The first-order chi connectivity index (χ1) is 8.31. The standard InChI is InChI=1S/C16H23N/c17-6-9-1-8-2-10-4-13-14-5-11(3-12(8)9)16(14)7-15(10,13)16/h8-14H,1-7,17H2. The highest BCUT2D eigenvalue weighted by Crippen LogP contribution is 3.01. The van der Waals surface area contributed by atoms with Gasteiger partial charge < -0.3 is 5.73 Å². The highest BCUT2D eigenvalue weighted by atomic mass is 15.0. The van der Waals surface area contributed by atoms with Crippen LogP contribution in [-0.2, 0) is 0 Å². The van der Waals surface area contributed by atoms with Crippen molar-refractivity contribution >= 4 is 0 Å². The first-order valence-electron chi connectivity index (χ1n) is 8.01. The third-order valence-corrected chi connectivity index (χ3v) is 8.93. The second-order valence-electron chi connectivity index (χ2n) is 8.46. The molecule has 0 saturated heterocycles. The molecule has 17 heavy (non-hydrogen) atoms. The van der Waals surface area contributed by atoms with E-state index in [0.29, 0.717) is 0 Å². The van der Waals surface area contributed by atoms with Gasteiger partial charge in [0.25, 0.3) is 0 Å². The molecule has 6 rings (SSSR count). The minimum atomic E-state index is 0.914. The molecular weight excluding hydrogens is 206 g/mol. The van der Waals surface area contributed by atoms with Gasteiger partial charge in [-0.05, 0) is 97.3 Å². The lowest BCUT2D eigenvalue weighted by molar-refractivity contribution is -0.265. The lowest BCUT2D eigenvalue weighted by atomic mass is 9.30. The van der Waals surface area contributed by atoms with Crippen molar-refractivity contribution < 1.29 is 0 Å². The van der Waals surface area contributed by atoms with E-state index in [1.807, 2.05) is 0 Å². The predicted molar refractivity (Wildman–Crippen MR) is 66.1 cm³/mol. The summed E-state index contributed by atoms with van der Waals surface area (Å²) < 4.78 is 0. The number of hydrogen-bond donors (Lipinski definition) is 1. The summed E-state index contributed by atoms with van der Waals surface area (Å²) in [6.07, 6.45) is 9.62. The van der Waals surface area contributed by atoms with Crippen molar-refractivity contribution in [3.8, 4) is 0 Å². The summed E-state index contributed by atoms with van der Waals surface area (Å²) in [6, 6.07) is 0. The summed E-state index contributed by atoms with van der Waals surface area (Å²) in [7, 11) is 0. The number of hydrogen-bond acceptors (Lipinski definition) is 1. The van der Waals surface area contributed by atoms with E-state index in [4.69, 9.17) is 5.73 Å². The fraction of sp³-hybridized carbons (Fsp3) is 1.00. The topological polar surface area (TPSA) is 26.0 Å². The average Bonchev–Trinajstić information content (AvgIpc) is 3.01. The Morgan fingerprint density at radius 3 is 2.29 bits per heavy atom. The number of nitrogens with two attached hydrogens (primary N) is 1. The van der Waals surface area contributed by atoms with Crippen LogP contribution in [-0.4, -0.2) is 6.54 Å². The SMILES string of the molecule is NCC1CC2CC3CC4C5CC(CC12)C51CC341. The third kappa shape index (κ3) is 0.618. The van der Waals surface area contributed by atoms with Gasteiger partial charge >= 0.3 is 0 Å². The maximum absolute atomic E-state index is 5.95. The van der Waals surface area contributed by atoms with Crippen LogP contribution < -0.4 is 5.73 Å². The van der Waals surface area contributed by atoms with Crippen molar-refractivity contribution in [2.24, 2.45) is 58.0 Å². The van der Waals surface area contributed by atoms with Gasteiger partial charge in [-0.1, -0.05) is 0 Å². The van der Waals surface area contributed by atoms with Crippen molar-refractivity contribution in [1.82, 2.24) is 0 Å². The van der Waals surface area contributed by atoms with Crippen molar-refractivity contribution in [2.75, 3.05) is 6.54 Å². The molecule has 0 amide bonds. The Morgan fingerprint density at radius 2 is 1.59 bits per heavy atom. The zero-order valence-electron chi connectivity index (χ0n) is 10.6. The van der Waals surface area contributed by atoms with Gasteiger partial charge in [-0.3, -0.25) is 0 Å². The summed E-state index contributed by atoms with van der Waals surface area (Å²) in [5.41, 5.74) is 7.88. The zero-order chi connectivity index (χ0) is 11.0. The van der Waals surface area contributed by atoms with E-state index in [2.05, 4.69) is 0 Å². The van der Waals surface area contributed by atoms with Gasteiger partial charge in [-0.2, -0.15) is 0 Å². The molecule has 9 unspecified atom stereocenters. The van der Waals surface area contributed by atoms with E-state index in [-0.39, 0.29) is 0 Å². The molecule has 2 N–H and O–H groups in total. The van der Waals surface area contributed by atoms with Gasteiger partial charge in [0.05, 0.1) is 0 Å².